The Labute approximate surface area is 136 Å². The van der Waals surface area contributed by atoms with Crippen molar-refractivity contribution in [3.8, 4) is 5.75 Å². The molecule has 0 unspecified atom stereocenters. The summed E-state index contributed by atoms with van der Waals surface area (Å²) in [7, 11) is 3.63. The molecule has 0 saturated carbocycles. The Morgan fingerprint density at radius 1 is 1.39 bits per heavy atom. The topological polar surface area (TPSA) is 52.2 Å². The van der Waals surface area contributed by atoms with Crippen molar-refractivity contribution in [2.24, 2.45) is 7.05 Å². The Morgan fingerprint density at radius 3 is 2.91 bits per heavy atom. The molecule has 0 fully saturated rings. The maximum absolute atomic E-state index is 5.98. The van der Waals surface area contributed by atoms with E-state index >= 15 is 0 Å². The first-order chi connectivity index (χ1) is 11.1. The molecule has 2 heterocycles. The molecule has 1 atom stereocenters. The maximum Gasteiger partial charge on any atom is 0.176 e. The van der Waals surface area contributed by atoms with E-state index in [4.69, 9.17) is 9.15 Å². The highest BCUT2D eigenvalue weighted by molar-refractivity contribution is 5.83. The molecule has 5 nitrogen and oxygen atoms in total. The van der Waals surface area contributed by atoms with E-state index < -0.39 is 0 Å². The van der Waals surface area contributed by atoms with E-state index in [0.29, 0.717) is 0 Å². The first kappa shape index (κ1) is 15.6. The van der Waals surface area contributed by atoms with Crippen molar-refractivity contribution < 1.29 is 9.15 Å². The van der Waals surface area contributed by atoms with Gasteiger partial charge in [0.05, 0.1) is 19.3 Å². The van der Waals surface area contributed by atoms with Crippen LogP contribution >= 0.6 is 0 Å². The molecule has 0 radical (unpaired) electrons. The van der Waals surface area contributed by atoms with Crippen LogP contribution in [-0.2, 0) is 13.5 Å². The number of aryl methyl sites for hydroxylation is 1. The summed E-state index contributed by atoms with van der Waals surface area (Å²) in [6.07, 6.45) is 2.89. The normalized spacial score (nSPS) is 12.7. The Hall–Kier alpha value is -2.27. The van der Waals surface area contributed by atoms with Crippen molar-refractivity contribution in [3.63, 3.8) is 0 Å². The maximum atomic E-state index is 5.98. The summed E-state index contributed by atoms with van der Waals surface area (Å²) in [6.45, 7) is 5.08. The molecule has 122 valence electrons. The third-order valence-electron chi connectivity index (χ3n) is 4.36. The van der Waals surface area contributed by atoms with Gasteiger partial charge in [-0.1, -0.05) is 12.1 Å². The van der Waals surface area contributed by atoms with Gasteiger partial charge in [-0.15, -0.1) is 0 Å². The molecule has 2 aromatic heterocycles. The van der Waals surface area contributed by atoms with Crippen LogP contribution in [0.15, 0.2) is 34.9 Å². The number of hydrogen-bond donors (Lipinski definition) is 1. The van der Waals surface area contributed by atoms with Crippen molar-refractivity contribution in [3.05, 3.63) is 47.5 Å². The molecule has 0 saturated heterocycles. The van der Waals surface area contributed by atoms with Gasteiger partial charge in [0, 0.05) is 18.1 Å². The number of para-hydroxylation sites is 1. The summed E-state index contributed by atoms with van der Waals surface area (Å²) >= 11 is 0. The average Bonchev–Trinajstić information content (AvgIpc) is 3.12. The van der Waals surface area contributed by atoms with Crippen LogP contribution in [0.2, 0.25) is 0 Å². The summed E-state index contributed by atoms with van der Waals surface area (Å²) in [5.41, 5.74) is 3.30. The Morgan fingerprint density at radius 2 is 2.22 bits per heavy atom. The van der Waals surface area contributed by atoms with Crippen LogP contribution in [0.3, 0.4) is 0 Å². The van der Waals surface area contributed by atoms with E-state index in [1.54, 1.807) is 7.11 Å². The van der Waals surface area contributed by atoms with Gasteiger partial charge in [-0.05, 0) is 44.5 Å². The lowest BCUT2D eigenvalue weighted by Gasteiger charge is -2.11. The molecule has 3 aromatic rings. The van der Waals surface area contributed by atoms with Crippen molar-refractivity contribution >= 4 is 11.0 Å². The van der Waals surface area contributed by atoms with Crippen LogP contribution < -0.4 is 10.1 Å². The zero-order valence-electron chi connectivity index (χ0n) is 14.1. The van der Waals surface area contributed by atoms with Gasteiger partial charge in [-0.2, -0.15) is 5.10 Å². The summed E-state index contributed by atoms with van der Waals surface area (Å²) in [4.78, 5) is 0. The number of ether oxygens (including phenoxy) is 1. The quantitative estimate of drug-likeness (QED) is 0.758. The minimum Gasteiger partial charge on any atom is -0.493 e. The van der Waals surface area contributed by atoms with Crippen LogP contribution in [-0.4, -0.2) is 23.4 Å². The van der Waals surface area contributed by atoms with Crippen molar-refractivity contribution in [2.45, 2.75) is 26.3 Å². The summed E-state index contributed by atoms with van der Waals surface area (Å²) in [6, 6.07) is 8.15. The van der Waals surface area contributed by atoms with Gasteiger partial charge < -0.3 is 14.5 Å². The van der Waals surface area contributed by atoms with Crippen molar-refractivity contribution in [1.82, 2.24) is 15.1 Å². The number of aromatic nitrogens is 2. The van der Waals surface area contributed by atoms with E-state index in [1.165, 1.54) is 11.3 Å². The number of furan rings is 1. The van der Waals surface area contributed by atoms with Crippen LogP contribution in [0.1, 0.15) is 30.0 Å². The minimum absolute atomic E-state index is 0.143. The zero-order chi connectivity index (χ0) is 16.4. The number of nitrogens with one attached hydrogen (secondary N) is 1. The van der Waals surface area contributed by atoms with Crippen LogP contribution in [0.25, 0.3) is 11.0 Å². The standard InChI is InChI=1S/C18H23N3O2/c1-12(19-9-8-15-11-20-21(3)13(15)2)17-10-14-6-5-7-16(22-4)18(14)23-17/h5-7,10-12,19H,8-9H2,1-4H3/t12-/m0/s1. The zero-order valence-corrected chi connectivity index (χ0v) is 14.1. The highest BCUT2D eigenvalue weighted by Crippen LogP contribution is 2.30. The molecule has 0 bridgehead atoms. The molecule has 0 aliphatic carbocycles. The summed E-state index contributed by atoms with van der Waals surface area (Å²) in [5.74, 6) is 1.69. The van der Waals surface area contributed by atoms with Crippen molar-refractivity contribution in [1.29, 1.82) is 0 Å². The molecular weight excluding hydrogens is 290 g/mol. The fraction of sp³-hybridized carbons (Fsp3) is 0.389. The van der Waals surface area contributed by atoms with Gasteiger partial charge in [-0.3, -0.25) is 4.68 Å². The van der Waals surface area contributed by atoms with E-state index in [2.05, 4.69) is 30.3 Å². The van der Waals surface area contributed by atoms with Gasteiger partial charge in [0.1, 0.15) is 5.76 Å². The second kappa shape index (κ2) is 6.46. The first-order valence-corrected chi connectivity index (χ1v) is 7.87. The SMILES string of the molecule is COc1cccc2cc([C@H](C)NCCc3cnn(C)c3C)oc12. The Kier molecular flexibility index (Phi) is 4.39. The Balaban J connectivity index is 1.66. The smallest absolute Gasteiger partial charge is 0.176 e. The average molecular weight is 313 g/mol. The molecule has 0 amide bonds. The van der Waals surface area contributed by atoms with E-state index in [1.807, 2.05) is 36.1 Å². The molecule has 0 aliphatic heterocycles. The lowest BCUT2D eigenvalue weighted by Crippen LogP contribution is -2.21. The fourth-order valence-electron chi connectivity index (χ4n) is 2.74. The van der Waals surface area contributed by atoms with E-state index in [-0.39, 0.29) is 6.04 Å². The van der Waals surface area contributed by atoms with E-state index in [0.717, 1.165) is 35.4 Å². The number of benzene rings is 1. The summed E-state index contributed by atoms with van der Waals surface area (Å²) in [5, 5.41) is 8.85. The monoisotopic (exact) mass is 313 g/mol. The molecular formula is C18H23N3O2. The lowest BCUT2D eigenvalue weighted by atomic mass is 10.1. The largest absolute Gasteiger partial charge is 0.493 e. The van der Waals surface area contributed by atoms with Gasteiger partial charge >= 0.3 is 0 Å². The van der Waals surface area contributed by atoms with Gasteiger partial charge in [0.2, 0.25) is 0 Å². The van der Waals surface area contributed by atoms with Crippen molar-refractivity contribution in [2.75, 3.05) is 13.7 Å². The molecule has 0 spiro atoms. The van der Waals surface area contributed by atoms with Crippen LogP contribution in [0.4, 0.5) is 0 Å². The molecule has 0 aliphatic rings. The lowest BCUT2D eigenvalue weighted by molar-refractivity contribution is 0.400. The number of fused-ring (bicyclic) bond motifs is 1. The molecule has 5 heteroatoms. The number of nitrogens with zero attached hydrogens (tertiary/aromatic N) is 2. The van der Waals surface area contributed by atoms with Crippen LogP contribution in [0, 0.1) is 6.92 Å². The Bertz CT molecular complexity index is 804. The molecule has 1 N–H and O–H groups in total. The fourth-order valence-corrected chi connectivity index (χ4v) is 2.74. The minimum atomic E-state index is 0.143. The predicted octanol–water partition coefficient (Wildman–Crippen LogP) is 3.38. The summed E-state index contributed by atoms with van der Waals surface area (Å²) < 4.78 is 13.2. The molecule has 23 heavy (non-hydrogen) atoms. The second-order valence-electron chi connectivity index (χ2n) is 5.83. The van der Waals surface area contributed by atoms with Gasteiger partial charge in [0.25, 0.3) is 0 Å². The van der Waals surface area contributed by atoms with Gasteiger partial charge in [0.15, 0.2) is 11.3 Å². The highest BCUT2D eigenvalue weighted by Gasteiger charge is 2.14. The van der Waals surface area contributed by atoms with Gasteiger partial charge in [-0.25, -0.2) is 0 Å². The highest BCUT2D eigenvalue weighted by atomic mass is 16.5. The molecule has 3 rings (SSSR count). The predicted molar refractivity (Wildman–Crippen MR) is 90.8 cm³/mol. The number of hydrogen-bond acceptors (Lipinski definition) is 4. The first-order valence-electron chi connectivity index (χ1n) is 7.87. The number of rotatable bonds is 6. The van der Waals surface area contributed by atoms with E-state index in [9.17, 15) is 0 Å². The third kappa shape index (κ3) is 3.10. The second-order valence-corrected chi connectivity index (χ2v) is 5.83. The number of methoxy groups -OCH3 is 1. The molecule has 1 aromatic carbocycles. The van der Waals surface area contributed by atoms with Crippen LogP contribution in [0.5, 0.6) is 5.75 Å². The third-order valence-corrected chi connectivity index (χ3v) is 4.36.